The average molecular weight is 282 g/mol. The number of halogens is 1. The molecule has 1 aromatic carbocycles. The Morgan fingerprint density at radius 2 is 1.74 bits per heavy atom. The summed E-state index contributed by atoms with van der Waals surface area (Å²) in [5.74, 6) is -0.784. The van der Waals surface area contributed by atoms with Crippen LogP contribution in [0, 0.1) is 0 Å². The zero-order valence-corrected chi connectivity index (χ0v) is 12.0. The fourth-order valence-corrected chi connectivity index (χ4v) is 2.25. The topological polar surface area (TPSA) is 40.6 Å². The fraction of sp³-hybridized carbons (Fsp3) is 0.429. The van der Waals surface area contributed by atoms with Gasteiger partial charge < -0.3 is 22.2 Å². The molecule has 0 fully saturated rings. The molecule has 19 heavy (non-hydrogen) atoms. The number of amides is 1. The van der Waals surface area contributed by atoms with Crippen LogP contribution < -0.4 is 17.3 Å². The molecule has 1 aliphatic heterocycles. The largest absolute Gasteiger partial charge is 1.00 e. The Morgan fingerprint density at radius 1 is 1.11 bits per heavy atom. The van der Waals surface area contributed by atoms with Gasteiger partial charge in [0.15, 0.2) is 0 Å². The highest BCUT2D eigenvalue weighted by molar-refractivity contribution is 6.52. The molecule has 1 amide bonds. The van der Waals surface area contributed by atoms with Crippen molar-refractivity contribution in [2.45, 2.75) is 13.8 Å². The minimum absolute atomic E-state index is 0. The predicted molar refractivity (Wildman–Crippen MR) is 70.9 cm³/mol. The number of ketones is 1. The maximum Gasteiger partial charge on any atom is 0.299 e. The maximum absolute atomic E-state index is 11.9. The lowest BCUT2D eigenvalue weighted by atomic mass is 10.1. The standard InChI is InChI=1S/C14H18N2O2.ClH/c1-3-15(4-2)9-10-16-12-8-6-5-7-11(12)13(17)14(16)18;/h5-8H,3-4,9-10H2,1-2H3;1H/p-1. The van der Waals surface area contributed by atoms with Crippen LogP contribution in [0.25, 0.3) is 0 Å². The van der Waals surface area contributed by atoms with E-state index in [1.165, 1.54) is 0 Å². The number of nitrogens with zero attached hydrogens (tertiary/aromatic N) is 2. The van der Waals surface area contributed by atoms with Gasteiger partial charge in [-0.1, -0.05) is 26.0 Å². The molecule has 0 unspecified atom stereocenters. The molecule has 1 aliphatic rings. The zero-order valence-electron chi connectivity index (χ0n) is 11.2. The van der Waals surface area contributed by atoms with Gasteiger partial charge >= 0.3 is 0 Å². The van der Waals surface area contributed by atoms with E-state index in [4.69, 9.17) is 0 Å². The van der Waals surface area contributed by atoms with Crippen LogP contribution in [0.5, 0.6) is 0 Å². The zero-order chi connectivity index (χ0) is 13.1. The monoisotopic (exact) mass is 281 g/mol. The van der Waals surface area contributed by atoms with Gasteiger partial charge in [-0.2, -0.15) is 0 Å². The van der Waals surface area contributed by atoms with Gasteiger partial charge in [0.05, 0.1) is 11.3 Å². The summed E-state index contributed by atoms with van der Waals surface area (Å²) in [4.78, 5) is 27.5. The van der Waals surface area contributed by atoms with Crippen molar-refractivity contribution < 1.29 is 22.0 Å². The molecular weight excluding hydrogens is 264 g/mol. The highest BCUT2D eigenvalue weighted by Crippen LogP contribution is 2.27. The second kappa shape index (κ2) is 6.68. The summed E-state index contributed by atoms with van der Waals surface area (Å²) >= 11 is 0. The summed E-state index contributed by atoms with van der Waals surface area (Å²) in [6.45, 7) is 7.45. The van der Waals surface area contributed by atoms with E-state index in [-0.39, 0.29) is 18.2 Å². The average Bonchev–Trinajstić information content (AvgIpc) is 2.65. The van der Waals surface area contributed by atoms with Gasteiger partial charge in [0, 0.05) is 13.1 Å². The van der Waals surface area contributed by atoms with E-state index in [0.717, 1.165) is 25.3 Å². The van der Waals surface area contributed by atoms with Gasteiger partial charge in [-0.25, -0.2) is 0 Å². The number of hydrogen-bond acceptors (Lipinski definition) is 3. The van der Waals surface area contributed by atoms with E-state index >= 15 is 0 Å². The Bertz CT molecular complexity index is 472. The third kappa shape index (κ3) is 2.96. The van der Waals surface area contributed by atoms with Crippen molar-refractivity contribution in [3.8, 4) is 0 Å². The number of hydrogen-bond donors (Lipinski definition) is 0. The second-order valence-electron chi connectivity index (χ2n) is 4.33. The number of rotatable bonds is 5. The number of fused-ring (bicyclic) bond motifs is 1. The third-order valence-corrected chi connectivity index (χ3v) is 3.41. The normalized spacial score (nSPS) is 13.7. The van der Waals surface area contributed by atoms with Crippen LogP contribution in [-0.4, -0.2) is 42.8 Å². The predicted octanol–water partition coefficient (Wildman–Crippen LogP) is -1.44. The summed E-state index contributed by atoms with van der Waals surface area (Å²) in [5.41, 5.74) is 1.28. The number of anilines is 1. The van der Waals surface area contributed by atoms with Crippen LogP contribution >= 0.6 is 0 Å². The van der Waals surface area contributed by atoms with Crippen LogP contribution in [0.15, 0.2) is 24.3 Å². The molecule has 0 spiro atoms. The molecule has 4 nitrogen and oxygen atoms in total. The smallest absolute Gasteiger partial charge is 0.299 e. The van der Waals surface area contributed by atoms with Crippen molar-refractivity contribution >= 4 is 17.4 Å². The summed E-state index contributed by atoms with van der Waals surface area (Å²) in [6, 6.07) is 7.19. The summed E-state index contributed by atoms with van der Waals surface area (Å²) in [6.07, 6.45) is 0. The van der Waals surface area contributed by atoms with E-state index in [2.05, 4.69) is 18.7 Å². The molecular formula is C14H18ClN2O2-. The van der Waals surface area contributed by atoms with Gasteiger partial charge in [0.2, 0.25) is 0 Å². The van der Waals surface area contributed by atoms with Crippen LogP contribution in [0.4, 0.5) is 5.69 Å². The second-order valence-corrected chi connectivity index (χ2v) is 4.33. The van der Waals surface area contributed by atoms with E-state index in [9.17, 15) is 9.59 Å². The quantitative estimate of drug-likeness (QED) is 0.621. The number of carbonyl (C=O) groups excluding carboxylic acids is 2. The van der Waals surface area contributed by atoms with Crippen LogP contribution in [0.1, 0.15) is 24.2 Å². The van der Waals surface area contributed by atoms with Gasteiger partial charge in [-0.3, -0.25) is 9.59 Å². The Labute approximate surface area is 119 Å². The summed E-state index contributed by atoms with van der Waals surface area (Å²) in [5, 5.41) is 0. The van der Waals surface area contributed by atoms with Crippen LogP contribution in [0.3, 0.4) is 0 Å². The number of carbonyl (C=O) groups is 2. The molecule has 1 aromatic rings. The first kappa shape index (κ1) is 15.7. The van der Waals surface area contributed by atoms with Crippen LogP contribution in [-0.2, 0) is 4.79 Å². The molecule has 104 valence electrons. The number of likely N-dealkylation sites (N-methyl/N-ethyl adjacent to an activating group) is 1. The number of Topliss-reactive ketones (excluding diaryl/α,β-unsaturated/α-hetero) is 1. The van der Waals surface area contributed by atoms with E-state index in [1.54, 1.807) is 17.0 Å². The Balaban J connectivity index is 0.00000180. The van der Waals surface area contributed by atoms with Crippen molar-refractivity contribution in [2.24, 2.45) is 0 Å². The Kier molecular flexibility index (Phi) is 5.51. The van der Waals surface area contributed by atoms with Crippen molar-refractivity contribution in [3.05, 3.63) is 29.8 Å². The molecule has 1 heterocycles. The van der Waals surface area contributed by atoms with Crippen molar-refractivity contribution in [2.75, 3.05) is 31.1 Å². The minimum Gasteiger partial charge on any atom is -1.00 e. The fourth-order valence-electron chi connectivity index (χ4n) is 2.25. The van der Waals surface area contributed by atoms with Gasteiger partial charge in [0.1, 0.15) is 0 Å². The van der Waals surface area contributed by atoms with Gasteiger partial charge in [0.25, 0.3) is 11.7 Å². The molecule has 0 bridgehead atoms. The van der Waals surface area contributed by atoms with Crippen molar-refractivity contribution in [3.63, 3.8) is 0 Å². The lowest BCUT2D eigenvalue weighted by molar-refractivity contribution is -0.114. The molecule has 2 rings (SSSR count). The summed E-state index contributed by atoms with van der Waals surface area (Å²) < 4.78 is 0. The molecule has 0 atom stereocenters. The highest BCUT2D eigenvalue weighted by Gasteiger charge is 2.34. The maximum atomic E-state index is 11.9. The van der Waals surface area contributed by atoms with Crippen molar-refractivity contribution in [1.29, 1.82) is 0 Å². The molecule has 0 saturated heterocycles. The lowest BCUT2D eigenvalue weighted by Gasteiger charge is -2.22. The van der Waals surface area contributed by atoms with E-state index < -0.39 is 5.91 Å². The molecule has 0 aromatic heterocycles. The SMILES string of the molecule is CCN(CC)CCN1C(=O)C(=O)c2ccccc21.[Cl-]. The number of benzene rings is 1. The van der Waals surface area contributed by atoms with Crippen LogP contribution in [0.2, 0.25) is 0 Å². The summed E-state index contributed by atoms with van der Waals surface area (Å²) in [7, 11) is 0. The lowest BCUT2D eigenvalue weighted by Crippen LogP contribution is -3.00. The third-order valence-electron chi connectivity index (χ3n) is 3.41. The van der Waals surface area contributed by atoms with Gasteiger partial charge in [-0.15, -0.1) is 0 Å². The van der Waals surface area contributed by atoms with Crippen molar-refractivity contribution in [1.82, 2.24) is 4.90 Å². The first-order valence-corrected chi connectivity index (χ1v) is 6.36. The Morgan fingerprint density at radius 3 is 2.37 bits per heavy atom. The van der Waals surface area contributed by atoms with E-state index in [1.807, 2.05) is 12.1 Å². The minimum atomic E-state index is -0.400. The molecule has 0 radical (unpaired) electrons. The highest BCUT2D eigenvalue weighted by atomic mass is 35.5. The molecule has 0 N–H and O–H groups in total. The van der Waals surface area contributed by atoms with E-state index in [0.29, 0.717) is 12.1 Å². The van der Waals surface area contributed by atoms with Gasteiger partial charge in [-0.05, 0) is 25.2 Å². The Hall–Kier alpha value is -1.39. The molecule has 0 aliphatic carbocycles. The first-order valence-electron chi connectivity index (χ1n) is 6.36. The molecule has 0 saturated carbocycles. The first-order chi connectivity index (χ1) is 8.69. The molecule has 5 heteroatoms. The number of para-hydroxylation sites is 1.